The number of rotatable bonds is 5. The van der Waals surface area contributed by atoms with Crippen molar-refractivity contribution in [1.82, 2.24) is 15.1 Å². The highest BCUT2D eigenvalue weighted by Gasteiger charge is 2.23. The van der Waals surface area contributed by atoms with Gasteiger partial charge in [0.25, 0.3) is 5.91 Å². The number of carbonyl (C=O) groups is 2. The van der Waals surface area contributed by atoms with Crippen molar-refractivity contribution < 1.29 is 18.4 Å². The number of benzene rings is 1. The highest BCUT2D eigenvalue weighted by Crippen LogP contribution is 2.21. The van der Waals surface area contributed by atoms with E-state index in [-0.39, 0.29) is 24.0 Å². The van der Waals surface area contributed by atoms with Crippen LogP contribution < -0.4 is 5.32 Å². The molecule has 0 aliphatic carbocycles. The first-order valence-corrected chi connectivity index (χ1v) is 9.57. The molecule has 0 saturated carbocycles. The van der Waals surface area contributed by atoms with Crippen molar-refractivity contribution in [1.29, 1.82) is 0 Å². The van der Waals surface area contributed by atoms with Gasteiger partial charge < -0.3 is 14.6 Å². The number of carbonyl (C=O) groups excluding carboxylic acids is 2. The van der Waals surface area contributed by atoms with Crippen LogP contribution in [0.4, 0.5) is 4.39 Å². The highest BCUT2D eigenvalue weighted by molar-refractivity contribution is 9.10. The number of furan rings is 1. The van der Waals surface area contributed by atoms with Gasteiger partial charge in [-0.2, -0.15) is 0 Å². The van der Waals surface area contributed by atoms with Crippen molar-refractivity contribution in [2.45, 2.75) is 6.54 Å². The number of halogens is 3. The summed E-state index contributed by atoms with van der Waals surface area (Å²) in [7, 11) is 0. The van der Waals surface area contributed by atoms with Crippen LogP contribution in [-0.4, -0.2) is 54.3 Å². The quantitative estimate of drug-likeness (QED) is 0.748. The molecule has 1 fully saturated rings. The van der Waals surface area contributed by atoms with Gasteiger partial charge in [-0.05, 0) is 40.2 Å². The van der Waals surface area contributed by atoms with E-state index >= 15 is 0 Å². The Morgan fingerprint density at radius 1 is 1.19 bits per heavy atom. The molecule has 1 aliphatic rings. The largest absolute Gasteiger partial charge is 0.444 e. The van der Waals surface area contributed by atoms with Crippen molar-refractivity contribution in [3.8, 4) is 0 Å². The summed E-state index contributed by atoms with van der Waals surface area (Å²) in [6.45, 7) is 2.53. The Kier molecular flexibility index (Phi) is 6.51. The molecule has 0 bridgehead atoms. The number of piperazine rings is 1. The van der Waals surface area contributed by atoms with Gasteiger partial charge in [0.2, 0.25) is 5.91 Å². The maximum absolute atomic E-state index is 13.9. The second kappa shape index (κ2) is 8.86. The molecule has 0 spiro atoms. The normalized spacial score (nSPS) is 15.0. The van der Waals surface area contributed by atoms with Gasteiger partial charge in [-0.1, -0.05) is 17.7 Å². The molecule has 0 atom stereocenters. The second-order valence-electron chi connectivity index (χ2n) is 6.14. The summed E-state index contributed by atoms with van der Waals surface area (Å²) in [6.07, 6.45) is 0. The fourth-order valence-corrected chi connectivity index (χ4v) is 3.38. The minimum absolute atomic E-state index is 0.101. The molecule has 144 valence electrons. The van der Waals surface area contributed by atoms with Gasteiger partial charge in [0.1, 0.15) is 5.82 Å². The SMILES string of the molecule is O=C(NCC(=O)N1CCN(Cc2c(F)cccc2Cl)CC1)c1ccc(Br)o1. The molecule has 0 unspecified atom stereocenters. The van der Waals surface area contributed by atoms with Crippen LogP contribution >= 0.6 is 27.5 Å². The molecule has 1 aliphatic heterocycles. The maximum Gasteiger partial charge on any atom is 0.287 e. The molecule has 1 aromatic carbocycles. The molecule has 2 amide bonds. The number of amides is 2. The molecule has 6 nitrogen and oxygen atoms in total. The first-order valence-electron chi connectivity index (χ1n) is 8.40. The summed E-state index contributed by atoms with van der Waals surface area (Å²) in [5.74, 6) is -0.797. The van der Waals surface area contributed by atoms with Crippen LogP contribution in [0.25, 0.3) is 0 Å². The summed E-state index contributed by atoms with van der Waals surface area (Å²) in [5.41, 5.74) is 0.468. The van der Waals surface area contributed by atoms with Crippen molar-refractivity contribution in [2.75, 3.05) is 32.7 Å². The average molecular weight is 459 g/mol. The van der Waals surface area contributed by atoms with Gasteiger partial charge in [0.05, 0.1) is 6.54 Å². The van der Waals surface area contributed by atoms with E-state index in [2.05, 4.69) is 21.2 Å². The number of nitrogens with zero attached hydrogens (tertiary/aromatic N) is 2. The van der Waals surface area contributed by atoms with Crippen LogP contribution in [0.1, 0.15) is 16.1 Å². The van der Waals surface area contributed by atoms with Crippen LogP contribution in [0, 0.1) is 5.82 Å². The summed E-state index contributed by atoms with van der Waals surface area (Å²) in [6, 6.07) is 7.77. The van der Waals surface area contributed by atoms with E-state index < -0.39 is 5.91 Å². The van der Waals surface area contributed by atoms with E-state index in [9.17, 15) is 14.0 Å². The lowest BCUT2D eigenvalue weighted by Gasteiger charge is -2.35. The Hall–Kier alpha value is -1.90. The predicted octanol–water partition coefficient (Wildman–Crippen LogP) is 2.91. The lowest BCUT2D eigenvalue weighted by atomic mass is 10.2. The maximum atomic E-state index is 13.9. The lowest BCUT2D eigenvalue weighted by Crippen LogP contribution is -2.50. The summed E-state index contributed by atoms with van der Waals surface area (Å²) < 4.78 is 19.5. The third-order valence-corrected chi connectivity index (χ3v) is 5.15. The monoisotopic (exact) mass is 457 g/mol. The number of hydrogen-bond donors (Lipinski definition) is 1. The van der Waals surface area contributed by atoms with E-state index in [1.807, 2.05) is 4.90 Å². The zero-order valence-electron chi connectivity index (χ0n) is 14.4. The Balaban J connectivity index is 1.46. The molecule has 3 rings (SSSR count). The van der Waals surface area contributed by atoms with E-state index in [0.29, 0.717) is 48.0 Å². The van der Waals surface area contributed by atoms with Crippen molar-refractivity contribution in [3.63, 3.8) is 0 Å². The Labute approximate surface area is 169 Å². The smallest absolute Gasteiger partial charge is 0.287 e. The van der Waals surface area contributed by atoms with Crippen molar-refractivity contribution in [2.24, 2.45) is 0 Å². The lowest BCUT2D eigenvalue weighted by molar-refractivity contribution is -0.131. The number of hydrogen-bond acceptors (Lipinski definition) is 4. The molecule has 27 heavy (non-hydrogen) atoms. The third-order valence-electron chi connectivity index (χ3n) is 4.37. The zero-order chi connectivity index (χ0) is 19.4. The first kappa shape index (κ1) is 19.9. The summed E-state index contributed by atoms with van der Waals surface area (Å²) in [4.78, 5) is 27.9. The third kappa shape index (κ3) is 5.09. The standard InChI is InChI=1S/C18H18BrClFN3O3/c19-16-5-4-15(27-16)18(26)22-10-17(25)24-8-6-23(7-9-24)11-12-13(20)2-1-3-14(12)21/h1-5H,6-11H2,(H,22,26). The number of nitrogens with one attached hydrogen (secondary N) is 1. The topological polar surface area (TPSA) is 65.8 Å². The van der Waals surface area contributed by atoms with Gasteiger partial charge >= 0.3 is 0 Å². The Bertz CT molecular complexity index is 817. The molecule has 1 aromatic heterocycles. The molecule has 2 aromatic rings. The Morgan fingerprint density at radius 2 is 1.93 bits per heavy atom. The summed E-state index contributed by atoms with van der Waals surface area (Å²) in [5, 5.41) is 2.95. The molecule has 1 N–H and O–H groups in total. The van der Waals surface area contributed by atoms with E-state index in [4.69, 9.17) is 16.0 Å². The molecular weight excluding hydrogens is 441 g/mol. The van der Waals surface area contributed by atoms with E-state index in [0.717, 1.165) is 0 Å². The zero-order valence-corrected chi connectivity index (χ0v) is 16.7. The van der Waals surface area contributed by atoms with Crippen LogP contribution in [0.15, 0.2) is 39.4 Å². The molecule has 2 heterocycles. The fraction of sp³-hybridized carbons (Fsp3) is 0.333. The van der Waals surface area contributed by atoms with Gasteiger partial charge in [-0.15, -0.1) is 0 Å². The van der Waals surface area contributed by atoms with Gasteiger partial charge in [-0.3, -0.25) is 14.5 Å². The van der Waals surface area contributed by atoms with E-state index in [1.54, 1.807) is 23.1 Å². The van der Waals surface area contributed by atoms with Crippen molar-refractivity contribution in [3.05, 3.63) is 57.2 Å². The highest BCUT2D eigenvalue weighted by atomic mass is 79.9. The molecule has 1 saturated heterocycles. The first-order chi connectivity index (χ1) is 12.9. The van der Waals surface area contributed by atoms with Gasteiger partial charge in [-0.25, -0.2) is 4.39 Å². The molecule has 9 heteroatoms. The predicted molar refractivity (Wildman–Crippen MR) is 102 cm³/mol. The average Bonchev–Trinajstić information content (AvgIpc) is 3.09. The summed E-state index contributed by atoms with van der Waals surface area (Å²) >= 11 is 9.19. The fourth-order valence-electron chi connectivity index (χ4n) is 2.85. The van der Waals surface area contributed by atoms with Gasteiger partial charge in [0, 0.05) is 43.3 Å². The van der Waals surface area contributed by atoms with Crippen molar-refractivity contribution >= 4 is 39.3 Å². The molecular formula is C18H18BrClFN3O3. The van der Waals surface area contributed by atoms with Crippen LogP contribution in [-0.2, 0) is 11.3 Å². The minimum atomic E-state index is -0.443. The van der Waals surface area contributed by atoms with Gasteiger partial charge in [0.15, 0.2) is 10.4 Å². The van der Waals surface area contributed by atoms with Crippen LogP contribution in [0.5, 0.6) is 0 Å². The van der Waals surface area contributed by atoms with Crippen LogP contribution in [0.2, 0.25) is 5.02 Å². The van der Waals surface area contributed by atoms with Crippen LogP contribution in [0.3, 0.4) is 0 Å². The minimum Gasteiger partial charge on any atom is -0.444 e. The van der Waals surface area contributed by atoms with E-state index in [1.165, 1.54) is 12.1 Å². The Morgan fingerprint density at radius 3 is 2.56 bits per heavy atom. The molecule has 0 radical (unpaired) electrons. The second-order valence-corrected chi connectivity index (χ2v) is 7.33.